The van der Waals surface area contributed by atoms with Gasteiger partial charge in [0.25, 0.3) is 0 Å². The molecule has 0 radical (unpaired) electrons. The molecule has 0 aromatic heterocycles. The monoisotopic (exact) mass is 618 g/mol. The molecule has 44 heavy (non-hydrogen) atoms. The summed E-state index contributed by atoms with van der Waals surface area (Å²) in [5.41, 5.74) is 0. The molecule has 1 aliphatic heterocycles. The van der Waals surface area contributed by atoms with E-state index in [9.17, 15) is 14.7 Å². The van der Waals surface area contributed by atoms with Crippen molar-refractivity contribution >= 4 is 11.9 Å². The maximum Gasteiger partial charge on any atom is 0.306 e. The molecule has 6 heteroatoms. The van der Waals surface area contributed by atoms with Crippen molar-refractivity contribution in [1.82, 2.24) is 0 Å². The van der Waals surface area contributed by atoms with Crippen molar-refractivity contribution in [3.05, 3.63) is 36.5 Å². The smallest absolute Gasteiger partial charge is 0.306 e. The molecule has 6 nitrogen and oxygen atoms in total. The Kier molecular flexibility index (Phi) is 26.0. The lowest BCUT2D eigenvalue weighted by Crippen LogP contribution is -2.28. The Morgan fingerprint density at radius 2 is 1.32 bits per heavy atom. The van der Waals surface area contributed by atoms with Crippen molar-refractivity contribution < 1.29 is 28.9 Å². The van der Waals surface area contributed by atoms with Gasteiger partial charge >= 0.3 is 11.9 Å². The maximum atomic E-state index is 12.1. The number of allylic oxidation sites excluding steroid dienone is 4. The average Bonchev–Trinajstić information content (AvgIpc) is 3.78. The fraction of sp³-hybridized carbons (Fsp3) is 0.789. The number of epoxide rings is 1. The molecular weight excluding hydrogens is 552 g/mol. The van der Waals surface area contributed by atoms with E-state index in [0.717, 1.165) is 50.9 Å². The van der Waals surface area contributed by atoms with E-state index in [1.165, 1.54) is 70.6 Å². The fourth-order valence-electron chi connectivity index (χ4n) is 5.09. The minimum absolute atomic E-state index is 0.0977. The van der Waals surface area contributed by atoms with E-state index < -0.39 is 6.10 Å². The zero-order valence-corrected chi connectivity index (χ0v) is 28.5. The van der Waals surface area contributed by atoms with Gasteiger partial charge in [0.15, 0.2) is 6.10 Å². The molecular formula is C38H66O6. The van der Waals surface area contributed by atoms with Crippen LogP contribution in [0.3, 0.4) is 0 Å². The summed E-state index contributed by atoms with van der Waals surface area (Å²) >= 11 is 0. The van der Waals surface area contributed by atoms with Gasteiger partial charge in [0.2, 0.25) is 0 Å². The molecule has 0 bridgehead atoms. The van der Waals surface area contributed by atoms with Gasteiger partial charge in [0.05, 0.1) is 18.8 Å². The zero-order chi connectivity index (χ0) is 32.1. The molecule has 1 fully saturated rings. The normalized spacial score (nSPS) is 17.9. The number of aliphatic hydroxyl groups excluding tert-OH is 1. The first-order valence-electron chi connectivity index (χ1n) is 18.1. The number of hydrogen-bond acceptors (Lipinski definition) is 6. The van der Waals surface area contributed by atoms with Gasteiger partial charge in [-0.3, -0.25) is 9.59 Å². The number of unbranched alkanes of at least 4 members (excludes halogenated alkanes) is 11. The lowest BCUT2D eigenvalue weighted by molar-refractivity contribution is -0.161. The summed E-state index contributed by atoms with van der Waals surface area (Å²) in [4.78, 5) is 24.2. The molecule has 0 saturated carbocycles. The molecule has 1 rings (SSSR count). The van der Waals surface area contributed by atoms with Crippen molar-refractivity contribution in [2.45, 2.75) is 174 Å². The van der Waals surface area contributed by atoms with E-state index in [4.69, 9.17) is 14.2 Å². The van der Waals surface area contributed by atoms with Gasteiger partial charge in [0, 0.05) is 12.8 Å². The van der Waals surface area contributed by atoms with Gasteiger partial charge in [-0.25, -0.2) is 0 Å². The molecule has 0 amide bonds. The third kappa shape index (κ3) is 24.4. The van der Waals surface area contributed by atoms with Gasteiger partial charge < -0.3 is 19.3 Å². The Hall–Kier alpha value is -1.92. The quantitative estimate of drug-likeness (QED) is 0.0373. The molecule has 0 aliphatic carbocycles. The Labute approximate surface area is 270 Å². The third-order valence-corrected chi connectivity index (χ3v) is 8.38. The van der Waals surface area contributed by atoms with Gasteiger partial charge in [-0.2, -0.15) is 0 Å². The number of aliphatic hydroxyl groups is 1. The van der Waals surface area contributed by atoms with Gasteiger partial charge in [-0.1, -0.05) is 128 Å². The van der Waals surface area contributed by atoms with Crippen LogP contribution in [0.1, 0.15) is 156 Å². The second kappa shape index (κ2) is 28.5. The van der Waals surface area contributed by atoms with Crippen molar-refractivity contribution in [2.75, 3.05) is 13.2 Å². The van der Waals surface area contributed by atoms with Gasteiger partial charge in [-0.05, 0) is 57.3 Å². The SMILES string of the molecule is CCCCC/C=C\CC1OC1C/C=C\C/C=C\CCCC(=O)OC[C@H](CO)OC(=O)CCCCCCCCCCC(C)CC. The zero-order valence-electron chi connectivity index (χ0n) is 28.5. The summed E-state index contributed by atoms with van der Waals surface area (Å²) in [6.07, 6.45) is 35.2. The van der Waals surface area contributed by atoms with E-state index in [2.05, 4.69) is 57.2 Å². The van der Waals surface area contributed by atoms with Crippen LogP contribution in [0, 0.1) is 5.92 Å². The van der Waals surface area contributed by atoms with Crippen LogP contribution in [0.5, 0.6) is 0 Å². The summed E-state index contributed by atoms with van der Waals surface area (Å²) in [5.74, 6) is 0.185. The fourth-order valence-corrected chi connectivity index (χ4v) is 5.09. The molecule has 1 saturated heterocycles. The summed E-state index contributed by atoms with van der Waals surface area (Å²) in [6, 6.07) is 0. The second-order valence-corrected chi connectivity index (χ2v) is 12.6. The molecule has 0 aromatic rings. The number of rotatable bonds is 30. The Morgan fingerprint density at radius 1 is 0.727 bits per heavy atom. The summed E-state index contributed by atoms with van der Waals surface area (Å²) in [5, 5.41) is 9.52. The molecule has 0 spiro atoms. The highest BCUT2D eigenvalue weighted by Gasteiger charge is 2.35. The van der Waals surface area contributed by atoms with Crippen LogP contribution in [0.4, 0.5) is 0 Å². The minimum atomic E-state index is -0.795. The molecule has 3 unspecified atom stereocenters. The molecule has 0 aromatic carbocycles. The lowest BCUT2D eigenvalue weighted by Gasteiger charge is -2.15. The standard InChI is InChI=1S/C38H66O6/c1-4-6-7-8-17-22-27-35-36(44-35)28-23-18-13-11-15-19-24-29-37(40)42-32-34(31-39)43-38(41)30-25-20-14-10-9-12-16-21-26-33(3)5-2/h11,15,17-18,22-23,33-36,39H,4-10,12-14,16,19-21,24-32H2,1-3H3/b15-11-,22-17-,23-18-/t33?,34-,35?,36?/m0/s1. The first kappa shape index (κ1) is 40.1. The van der Waals surface area contributed by atoms with Crippen molar-refractivity contribution in [3.63, 3.8) is 0 Å². The highest BCUT2D eigenvalue weighted by Crippen LogP contribution is 2.29. The summed E-state index contributed by atoms with van der Waals surface area (Å²) in [6.45, 7) is 6.37. The van der Waals surface area contributed by atoms with Gasteiger partial charge in [-0.15, -0.1) is 0 Å². The highest BCUT2D eigenvalue weighted by atomic mass is 16.6. The maximum absolute atomic E-state index is 12.1. The first-order chi connectivity index (χ1) is 21.5. The van der Waals surface area contributed by atoms with Crippen molar-refractivity contribution in [1.29, 1.82) is 0 Å². The molecule has 1 aliphatic rings. The van der Waals surface area contributed by atoms with Crippen LogP contribution in [0.15, 0.2) is 36.5 Å². The lowest BCUT2D eigenvalue weighted by atomic mass is 9.99. The largest absolute Gasteiger partial charge is 0.462 e. The highest BCUT2D eigenvalue weighted by molar-refractivity contribution is 5.70. The van der Waals surface area contributed by atoms with Crippen LogP contribution >= 0.6 is 0 Å². The van der Waals surface area contributed by atoms with Crippen molar-refractivity contribution in [3.8, 4) is 0 Å². The third-order valence-electron chi connectivity index (χ3n) is 8.38. The topological polar surface area (TPSA) is 85.4 Å². The second-order valence-electron chi connectivity index (χ2n) is 12.6. The van der Waals surface area contributed by atoms with Crippen LogP contribution in [-0.4, -0.2) is 48.6 Å². The van der Waals surface area contributed by atoms with Crippen LogP contribution in [0.25, 0.3) is 0 Å². The molecule has 4 atom stereocenters. The number of hydrogen-bond donors (Lipinski definition) is 1. The van der Waals surface area contributed by atoms with E-state index in [1.54, 1.807) is 0 Å². The average molecular weight is 619 g/mol. The van der Waals surface area contributed by atoms with Crippen molar-refractivity contribution in [2.24, 2.45) is 5.92 Å². The number of carbonyl (C=O) groups excluding carboxylic acids is 2. The predicted molar refractivity (Wildman–Crippen MR) is 181 cm³/mol. The van der Waals surface area contributed by atoms with E-state index in [1.807, 2.05) is 0 Å². The van der Waals surface area contributed by atoms with Crippen LogP contribution < -0.4 is 0 Å². The van der Waals surface area contributed by atoms with E-state index >= 15 is 0 Å². The predicted octanol–water partition coefficient (Wildman–Crippen LogP) is 9.74. The minimum Gasteiger partial charge on any atom is -0.462 e. The van der Waals surface area contributed by atoms with Crippen LogP contribution in [-0.2, 0) is 23.8 Å². The Bertz CT molecular complexity index is 788. The number of esters is 2. The Morgan fingerprint density at radius 3 is 2.00 bits per heavy atom. The number of ether oxygens (including phenoxy) is 3. The molecule has 254 valence electrons. The first-order valence-corrected chi connectivity index (χ1v) is 18.1. The van der Waals surface area contributed by atoms with E-state index in [-0.39, 0.29) is 25.2 Å². The summed E-state index contributed by atoms with van der Waals surface area (Å²) in [7, 11) is 0. The Balaban J connectivity index is 1.96. The molecule has 1 N–H and O–H groups in total. The number of carbonyl (C=O) groups is 2. The van der Waals surface area contributed by atoms with Gasteiger partial charge in [0.1, 0.15) is 6.61 Å². The van der Waals surface area contributed by atoms with Crippen LogP contribution in [0.2, 0.25) is 0 Å². The van der Waals surface area contributed by atoms with E-state index in [0.29, 0.717) is 31.5 Å². The molecule has 1 heterocycles. The summed E-state index contributed by atoms with van der Waals surface area (Å²) < 4.78 is 16.3.